The molecule has 2 rings (SSSR count). The molecule has 120 valence electrons. The highest BCUT2D eigenvalue weighted by molar-refractivity contribution is 7.91. The second kappa shape index (κ2) is 6.39. The summed E-state index contributed by atoms with van der Waals surface area (Å²) >= 11 is 0. The topological polar surface area (TPSA) is 89.5 Å². The summed E-state index contributed by atoms with van der Waals surface area (Å²) in [6.45, 7) is -0.747. The predicted octanol–water partition coefficient (Wildman–Crippen LogP) is 0.425. The van der Waals surface area contributed by atoms with Crippen molar-refractivity contribution in [1.29, 1.82) is 0 Å². The summed E-state index contributed by atoms with van der Waals surface area (Å²) < 4.78 is 53.7. The number of hydrogen-bond acceptors (Lipinski definition) is 5. The number of sulfone groups is 1. The quantitative estimate of drug-likeness (QED) is 0.807. The van der Waals surface area contributed by atoms with E-state index in [9.17, 15) is 26.8 Å². The summed E-state index contributed by atoms with van der Waals surface area (Å²) in [4.78, 5) is 23.1. The van der Waals surface area contributed by atoms with Crippen molar-refractivity contribution in [3.8, 4) is 0 Å². The molecule has 1 saturated heterocycles. The molecule has 1 atom stereocenters. The minimum absolute atomic E-state index is 0.0157. The van der Waals surface area contributed by atoms with E-state index in [-0.39, 0.29) is 17.9 Å². The van der Waals surface area contributed by atoms with Gasteiger partial charge in [-0.1, -0.05) is 6.07 Å². The second-order valence-electron chi connectivity index (χ2n) is 4.84. The number of amides is 1. The lowest BCUT2D eigenvalue weighted by molar-refractivity contribution is -0.124. The number of carbonyl (C=O) groups is 2. The Morgan fingerprint density at radius 2 is 1.91 bits per heavy atom. The Morgan fingerprint density at radius 3 is 2.45 bits per heavy atom. The van der Waals surface area contributed by atoms with Crippen LogP contribution in [0.1, 0.15) is 16.8 Å². The van der Waals surface area contributed by atoms with E-state index in [1.54, 1.807) is 0 Å². The Kier molecular flexibility index (Phi) is 4.74. The summed E-state index contributed by atoms with van der Waals surface area (Å²) in [5.74, 6) is -4.40. The molecule has 1 aromatic rings. The number of benzene rings is 1. The van der Waals surface area contributed by atoms with Crippen LogP contribution in [0.5, 0.6) is 0 Å². The van der Waals surface area contributed by atoms with Crippen molar-refractivity contribution in [1.82, 2.24) is 5.32 Å². The Bertz CT molecular complexity index is 684. The maximum absolute atomic E-state index is 13.3. The molecular weight excluding hydrogens is 320 g/mol. The van der Waals surface area contributed by atoms with E-state index < -0.39 is 51.6 Å². The summed E-state index contributed by atoms with van der Waals surface area (Å²) in [5.41, 5.74) is -0.876. The molecule has 1 fully saturated rings. The monoisotopic (exact) mass is 333 g/mol. The van der Waals surface area contributed by atoms with E-state index in [4.69, 9.17) is 0 Å². The molecule has 0 saturated carbocycles. The number of hydrogen-bond donors (Lipinski definition) is 1. The zero-order chi connectivity index (χ0) is 16.3. The zero-order valence-corrected chi connectivity index (χ0v) is 12.2. The summed E-state index contributed by atoms with van der Waals surface area (Å²) in [7, 11) is -3.15. The molecule has 0 aromatic heterocycles. The van der Waals surface area contributed by atoms with E-state index in [0.717, 1.165) is 18.2 Å². The van der Waals surface area contributed by atoms with E-state index in [0.29, 0.717) is 0 Å². The second-order valence-corrected chi connectivity index (χ2v) is 7.07. The van der Waals surface area contributed by atoms with Gasteiger partial charge in [0.2, 0.25) is 0 Å². The minimum atomic E-state index is -3.15. The molecule has 22 heavy (non-hydrogen) atoms. The lowest BCUT2D eigenvalue weighted by Gasteiger charge is -2.11. The van der Waals surface area contributed by atoms with E-state index >= 15 is 0 Å². The van der Waals surface area contributed by atoms with Crippen LogP contribution in [-0.2, 0) is 19.4 Å². The molecule has 0 spiro atoms. The van der Waals surface area contributed by atoms with Gasteiger partial charge in [-0.05, 0) is 18.6 Å². The van der Waals surface area contributed by atoms with Gasteiger partial charge in [0.1, 0.15) is 17.2 Å². The summed E-state index contributed by atoms with van der Waals surface area (Å²) in [6.07, 6.45) is 0.282. The minimum Gasteiger partial charge on any atom is -0.452 e. The van der Waals surface area contributed by atoms with Crippen molar-refractivity contribution < 1.29 is 31.5 Å². The summed E-state index contributed by atoms with van der Waals surface area (Å²) in [6, 6.07) is 2.34. The number of rotatable bonds is 4. The lowest BCUT2D eigenvalue weighted by atomic mass is 10.2. The van der Waals surface area contributed by atoms with Crippen LogP contribution in [0, 0.1) is 11.6 Å². The largest absolute Gasteiger partial charge is 0.452 e. The number of carbonyl (C=O) groups excluding carboxylic acids is 2. The number of halogens is 2. The highest BCUT2D eigenvalue weighted by atomic mass is 32.2. The van der Waals surface area contributed by atoms with Gasteiger partial charge in [0.15, 0.2) is 16.4 Å². The van der Waals surface area contributed by atoms with E-state index in [2.05, 4.69) is 10.1 Å². The van der Waals surface area contributed by atoms with Crippen molar-refractivity contribution in [2.45, 2.75) is 12.5 Å². The predicted molar refractivity (Wildman–Crippen MR) is 71.8 cm³/mol. The van der Waals surface area contributed by atoms with Crippen LogP contribution < -0.4 is 5.32 Å². The van der Waals surface area contributed by atoms with Gasteiger partial charge in [0.25, 0.3) is 5.91 Å². The number of nitrogens with one attached hydrogen (secondary N) is 1. The van der Waals surface area contributed by atoms with Gasteiger partial charge in [-0.15, -0.1) is 0 Å². The van der Waals surface area contributed by atoms with Gasteiger partial charge in [-0.2, -0.15) is 0 Å². The maximum Gasteiger partial charge on any atom is 0.344 e. The molecular formula is C13H13F2NO5S. The van der Waals surface area contributed by atoms with Crippen LogP contribution in [-0.4, -0.2) is 44.4 Å². The third-order valence-electron chi connectivity index (χ3n) is 3.10. The maximum atomic E-state index is 13.3. The molecule has 1 aliphatic heterocycles. The Balaban J connectivity index is 1.88. The van der Waals surface area contributed by atoms with E-state index in [1.807, 2.05) is 0 Å². The first-order chi connectivity index (χ1) is 10.3. The van der Waals surface area contributed by atoms with Gasteiger partial charge < -0.3 is 10.1 Å². The van der Waals surface area contributed by atoms with Crippen LogP contribution in [0.4, 0.5) is 8.78 Å². The average Bonchev–Trinajstić information content (AvgIpc) is 2.75. The van der Waals surface area contributed by atoms with Gasteiger partial charge in [0, 0.05) is 6.04 Å². The van der Waals surface area contributed by atoms with Crippen molar-refractivity contribution in [2.24, 2.45) is 0 Å². The number of esters is 1. The SMILES string of the molecule is O=C(COC(=O)c1c(F)cccc1F)N[C@H]1CCS(=O)(=O)C1. The molecule has 1 aromatic carbocycles. The Hall–Kier alpha value is -2.03. The normalized spacial score (nSPS) is 19.6. The molecule has 0 bridgehead atoms. The lowest BCUT2D eigenvalue weighted by Crippen LogP contribution is -2.38. The van der Waals surface area contributed by atoms with Crippen molar-refractivity contribution in [3.63, 3.8) is 0 Å². The van der Waals surface area contributed by atoms with Crippen LogP contribution in [0.15, 0.2) is 18.2 Å². The molecule has 0 unspecified atom stereocenters. The molecule has 1 aliphatic rings. The molecule has 0 radical (unpaired) electrons. The van der Waals surface area contributed by atoms with Crippen molar-refractivity contribution in [3.05, 3.63) is 35.4 Å². The van der Waals surface area contributed by atoms with Crippen LogP contribution in [0.2, 0.25) is 0 Å². The fraction of sp³-hybridized carbons (Fsp3) is 0.385. The van der Waals surface area contributed by atoms with Gasteiger partial charge in [0.05, 0.1) is 11.5 Å². The van der Waals surface area contributed by atoms with Crippen LogP contribution in [0.25, 0.3) is 0 Å². The third-order valence-corrected chi connectivity index (χ3v) is 4.87. The first kappa shape index (κ1) is 16.3. The standard InChI is InChI=1S/C13H13F2NO5S/c14-9-2-1-3-10(15)12(9)13(18)21-6-11(17)16-8-4-5-22(19,20)7-8/h1-3,8H,4-7H2,(H,16,17)/t8-/m0/s1. The third kappa shape index (κ3) is 4.00. The van der Waals surface area contributed by atoms with Gasteiger partial charge in [-0.25, -0.2) is 22.0 Å². The molecule has 1 N–H and O–H groups in total. The van der Waals surface area contributed by atoms with E-state index in [1.165, 1.54) is 0 Å². The Labute approximate surface area is 125 Å². The van der Waals surface area contributed by atoms with Crippen LogP contribution >= 0.6 is 0 Å². The summed E-state index contributed by atoms with van der Waals surface area (Å²) in [5, 5.41) is 2.39. The molecule has 1 heterocycles. The fourth-order valence-electron chi connectivity index (χ4n) is 2.07. The number of ether oxygens (including phenoxy) is 1. The first-order valence-corrected chi connectivity index (χ1v) is 8.21. The van der Waals surface area contributed by atoms with Crippen molar-refractivity contribution >= 4 is 21.7 Å². The smallest absolute Gasteiger partial charge is 0.344 e. The molecule has 0 aliphatic carbocycles. The van der Waals surface area contributed by atoms with Crippen LogP contribution in [0.3, 0.4) is 0 Å². The molecule has 6 nitrogen and oxygen atoms in total. The highest BCUT2D eigenvalue weighted by Gasteiger charge is 2.29. The first-order valence-electron chi connectivity index (χ1n) is 6.39. The zero-order valence-electron chi connectivity index (χ0n) is 11.3. The Morgan fingerprint density at radius 1 is 1.27 bits per heavy atom. The van der Waals surface area contributed by atoms with Crippen molar-refractivity contribution in [2.75, 3.05) is 18.1 Å². The van der Waals surface area contributed by atoms with Gasteiger partial charge in [-0.3, -0.25) is 4.79 Å². The fourth-order valence-corrected chi connectivity index (χ4v) is 3.75. The van der Waals surface area contributed by atoms with Gasteiger partial charge >= 0.3 is 5.97 Å². The average molecular weight is 333 g/mol. The molecule has 9 heteroatoms. The molecule has 1 amide bonds. The highest BCUT2D eigenvalue weighted by Crippen LogP contribution is 2.13.